The van der Waals surface area contributed by atoms with Crippen LogP contribution < -0.4 is 0 Å². The Balaban J connectivity index is 2.57. The zero-order valence-corrected chi connectivity index (χ0v) is 7.18. The van der Waals surface area contributed by atoms with Crippen molar-refractivity contribution < 1.29 is 9.50 Å². The molecule has 0 bridgehead atoms. The molecular weight excluding hydrogens is 183 g/mol. The molecule has 1 aromatic carbocycles. The summed E-state index contributed by atoms with van der Waals surface area (Å²) in [5.74, 6) is -0.421. The van der Waals surface area contributed by atoms with E-state index in [9.17, 15) is 9.50 Å². The predicted octanol–water partition coefficient (Wildman–Crippen LogP) is 1.99. The molecular formula is C10H7FN2O. The van der Waals surface area contributed by atoms with Crippen LogP contribution in [-0.4, -0.2) is 15.3 Å². The van der Waals surface area contributed by atoms with Crippen LogP contribution in [0, 0.1) is 5.82 Å². The molecule has 0 amide bonds. The molecule has 0 unspecified atom stereocenters. The molecule has 70 valence electrons. The first-order valence-corrected chi connectivity index (χ1v) is 4.04. The van der Waals surface area contributed by atoms with E-state index >= 15 is 0 Å². The van der Waals surface area contributed by atoms with Gasteiger partial charge in [0.15, 0.2) is 0 Å². The van der Waals surface area contributed by atoms with Gasteiger partial charge in [0.1, 0.15) is 11.6 Å². The quantitative estimate of drug-likeness (QED) is 0.747. The van der Waals surface area contributed by atoms with Crippen molar-refractivity contribution in [2.24, 2.45) is 0 Å². The lowest BCUT2D eigenvalue weighted by Gasteiger charge is -2.02. The molecule has 0 radical (unpaired) electrons. The van der Waals surface area contributed by atoms with E-state index in [4.69, 9.17) is 0 Å². The molecule has 1 aromatic heterocycles. The first-order chi connectivity index (χ1) is 6.77. The van der Waals surface area contributed by atoms with Crippen LogP contribution in [0.2, 0.25) is 0 Å². The standard InChI is InChI=1S/C10H7FN2O/c11-7-3-4-10(14)8(6-7)9-2-1-5-12-13-9/h1-6,14H. The average Bonchev–Trinajstić information content (AvgIpc) is 2.23. The van der Waals surface area contributed by atoms with Gasteiger partial charge in [-0.25, -0.2) is 4.39 Å². The monoisotopic (exact) mass is 190 g/mol. The van der Waals surface area contributed by atoms with Gasteiger partial charge in [0.2, 0.25) is 0 Å². The predicted molar refractivity (Wildman–Crippen MR) is 49.1 cm³/mol. The molecule has 2 aromatic rings. The minimum Gasteiger partial charge on any atom is -0.507 e. The van der Waals surface area contributed by atoms with Crippen LogP contribution in [0.4, 0.5) is 4.39 Å². The van der Waals surface area contributed by atoms with Crippen molar-refractivity contribution in [2.75, 3.05) is 0 Å². The summed E-state index contributed by atoms with van der Waals surface area (Å²) in [6.45, 7) is 0. The number of halogens is 1. The van der Waals surface area contributed by atoms with E-state index in [1.807, 2.05) is 0 Å². The van der Waals surface area contributed by atoms with Crippen LogP contribution in [0.25, 0.3) is 11.3 Å². The van der Waals surface area contributed by atoms with E-state index in [-0.39, 0.29) is 5.75 Å². The van der Waals surface area contributed by atoms with Crippen molar-refractivity contribution in [2.45, 2.75) is 0 Å². The van der Waals surface area contributed by atoms with Crippen LogP contribution in [-0.2, 0) is 0 Å². The van der Waals surface area contributed by atoms with Crippen molar-refractivity contribution in [3.8, 4) is 17.0 Å². The van der Waals surface area contributed by atoms with Gasteiger partial charge in [-0.15, -0.1) is 0 Å². The number of hydrogen-bond donors (Lipinski definition) is 1. The number of aromatic hydroxyl groups is 1. The number of hydrogen-bond acceptors (Lipinski definition) is 3. The van der Waals surface area contributed by atoms with Crippen molar-refractivity contribution in [1.82, 2.24) is 10.2 Å². The number of nitrogens with zero attached hydrogens (tertiary/aromatic N) is 2. The highest BCUT2D eigenvalue weighted by molar-refractivity contribution is 5.65. The van der Waals surface area contributed by atoms with Crippen LogP contribution in [0.15, 0.2) is 36.5 Å². The smallest absolute Gasteiger partial charge is 0.125 e. The van der Waals surface area contributed by atoms with Gasteiger partial charge in [-0.3, -0.25) is 0 Å². The molecule has 1 heterocycles. The van der Waals surface area contributed by atoms with E-state index in [2.05, 4.69) is 10.2 Å². The minimum absolute atomic E-state index is 0.00750. The molecule has 0 fully saturated rings. The van der Waals surface area contributed by atoms with Crippen molar-refractivity contribution in [1.29, 1.82) is 0 Å². The largest absolute Gasteiger partial charge is 0.507 e. The molecule has 3 nitrogen and oxygen atoms in total. The average molecular weight is 190 g/mol. The Morgan fingerprint density at radius 3 is 2.79 bits per heavy atom. The summed E-state index contributed by atoms with van der Waals surface area (Å²) in [6, 6.07) is 7.03. The number of phenolic OH excluding ortho intramolecular Hbond substituents is 1. The van der Waals surface area contributed by atoms with Crippen molar-refractivity contribution >= 4 is 0 Å². The molecule has 1 N–H and O–H groups in total. The topological polar surface area (TPSA) is 46.0 Å². The third-order valence-corrected chi connectivity index (χ3v) is 1.81. The molecule has 0 aliphatic carbocycles. The Morgan fingerprint density at radius 1 is 1.21 bits per heavy atom. The van der Waals surface area contributed by atoms with Gasteiger partial charge in [0.05, 0.1) is 5.69 Å². The summed E-state index contributed by atoms with van der Waals surface area (Å²) in [6.07, 6.45) is 1.51. The minimum atomic E-state index is -0.413. The number of benzene rings is 1. The third kappa shape index (κ3) is 1.54. The van der Waals surface area contributed by atoms with E-state index in [1.54, 1.807) is 12.1 Å². The van der Waals surface area contributed by atoms with Gasteiger partial charge in [-0.05, 0) is 30.3 Å². The molecule has 0 atom stereocenters. The molecule has 0 aliphatic rings. The Hall–Kier alpha value is -1.97. The fraction of sp³-hybridized carbons (Fsp3) is 0. The lowest BCUT2D eigenvalue weighted by Crippen LogP contribution is -1.87. The first-order valence-electron chi connectivity index (χ1n) is 4.04. The van der Waals surface area contributed by atoms with Crippen molar-refractivity contribution in [3.63, 3.8) is 0 Å². The molecule has 0 aliphatic heterocycles. The van der Waals surface area contributed by atoms with Gasteiger partial charge in [0, 0.05) is 11.8 Å². The fourth-order valence-electron chi connectivity index (χ4n) is 1.16. The molecule has 4 heteroatoms. The summed E-state index contributed by atoms with van der Waals surface area (Å²) >= 11 is 0. The molecule has 0 spiro atoms. The van der Waals surface area contributed by atoms with Crippen LogP contribution >= 0.6 is 0 Å². The first kappa shape index (κ1) is 8.62. The maximum atomic E-state index is 12.9. The Labute approximate surface area is 79.9 Å². The van der Waals surface area contributed by atoms with Gasteiger partial charge >= 0.3 is 0 Å². The highest BCUT2D eigenvalue weighted by Crippen LogP contribution is 2.27. The summed E-state index contributed by atoms with van der Waals surface area (Å²) in [7, 11) is 0. The maximum absolute atomic E-state index is 12.9. The van der Waals surface area contributed by atoms with E-state index < -0.39 is 5.82 Å². The fourth-order valence-corrected chi connectivity index (χ4v) is 1.16. The lowest BCUT2D eigenvalue weighted by atomic mass is 10.1. The highest BCUT2D eigenvalue weighted by atomic mass is 19.1. The second-order valence-electron chi connectivity index (χ2n) is 2.77. The van der Waals surface area contributed by atoms with Gasteiger partial charge in [-0.2, -0.15) is 10.2 Å². The molecule has 14 heavy (non-hydrogen) atoms. The number of phenols is 1. The lowest BCUT2D eigenvalue weighted by molar-refractivity contribution is 0.475. The van der Waals surface area contributed by atoms with Gasteiger partial charge in [0.25, 0.3) is 0 Å². The normalized spacial score (nSPS) is 10.1. The summed E-state index contributed by atoms with van der Waals surface area (Å²) in [4.78, 5) is 0. The zero-order chi connectivity index (χ0) is 9.97. The van der Waals surface area contributed by atoms with E-state index in [0.29, 0.717) is 11.3 Å². The zero-order valence-electron chi connectivity index (χ0n) is 7.18. The van der Waals surface area contributed by atoms with E-state index in [0.717, 1.165) is 0 Å². The SMILES string of the molecule is Oc1ccc(F)cc1-c1cccnn1. The van der Waals surface area contributed by atoms with Gasteiger partial charge < -0.3 is 5.11 Å². The second kappa shape index (κ2) is 3.41. The third-order valence-electron chi connectivity index (χ3n) is 1.81. The second-order valence-corrected chi connectivity index (χ2v) is 2.77. The number of rotatable bonds is 1. The van der Waals surface area contributed by atoms with E-state index in [1.165, 1.54) is 24.4 Å². The Kier molecular flexibility index (Phi) is 2.10. The summed E-state index contributed by atoms with van der Waals surface area (Å²) in [5, 5.41) is 16.9. The summed E-state index contributed by atoms with van der Waals surface area (Å²) in [5.41, 5.74) is 0.794. The van der Waals surface area contributed by atoms with Crippen LogP contribution in [0.1, 0.15) is 0 Å². The Morgan fingerprint density at radius 2 is 2.07 bits per heavy atom. The highest BCUT2D eigenvalue weighted by Gasteiger charge is 2.06. The van der Waals surface area contributed by atoms with Crippen LogP contribution in [0.3, 0.4) is 0 Å². The Bertz CT molecular complexity index is 445. The van der Waals surface area contributed by atoms with Gasteiger partial charge in [-0.1, -0.05) is 0 Å². The maximum Gasteiger partial charge on any atom is 0.125 e. The molecule has 2 rings (SSSR count). The van der Waals surface area contributed by atoms with Crippen molar-refractivity contribution in [3.05, 3.63) is 42.3 Å². The summed E-state index contributed by atoms with van der Waals surface area (Å²) < 4.78 is 12.9. The molecule has 0 saturated heterocycles. The number of aromatic nitrogens is 2. The van der Waals surface area contributed by atoms with Crippen LogP contribution in [0.5, 0.6) is 5.75 Å². The molecule has 0 saturated carbocycles.